The highest BCUT2D eigenvalue weighted by Gasteiger charge is 2.05. The van der Waals surface area contributed by atoms with E-state index in [0.29, 0.717) is 4.90 Å². The maximum atomic E-state index is 9.67. The van der Waals surface area contributed by atoms with Gasteiger partial charge in [0.2, 0.25) is 0 Å². The average molecular weight is 208 g/mol. The van der Waals surface area contributed by atoms with Crippen LogP contribution >= 0.6 is 25.3 Å². The second kappa shape index (κ2) is 3.16. The van der Waals surface area contributed by atoms with Gasteiger partial charge >= 0.3 is 0 Å². The molecule has 0 fully saturated rings. The van der Waals surface area contributed by atoms with Gasteiger partial charge in [0, 0.05) is 15.2 Å². The average Bonchev–Trinajstić information content (AvgIpc) is 2.15. The molecule has 0 amide bonds. The molecule has 0 aliphatic heterocycles. The molecule has 0 heterocycles. The quantitative estimate of drug-likeness (QED) is 0.568. The Balaban J connectivity index is 2.97. The van der Waals surface area contributed by atoms with E-state index in [1.165, 1.54) is 0 Å². The van der Waals surface area contributed by atoms with Crippen LogP contribution in [0.25, 0.3) is 10.8 Å². The van der Waals surface area contributed by atoms with Crippen molar-refractivity contribution in [2.75, 3.05) is 0 Å². The molecule has 2 aromatic rings. The minimum atomic E-state index is 0.219. The van der Waals surface area contributed by atoms with Crippen molar-refractivity contribution in [2.24, 2.45) is 0 Å². The van der Waals surface area contributed by atoms with Crippen molar-refractivity contribution in [3.8, 4) is 5.75 Å². The zero-order valence-electron chi connectivity index (χ0n) is 6.73. The van der Waals surface area contributed by atoms with Crippen LogP contribution in [0, 0.1) is 0 Å². The topological polar surface area (TPSA) is 20.2 Å². The van der Waals surface area contributed by atoms with Crippen LogP contribution in [0.15, 0.2) is 40.1 Å². The molecule has 0 aliphatic carbocycles. The van der Waals surface area contributed by atoms with E-state index in [1.807, 2.05) is 24.3 Å². The Kier molecular flexibility index (Phi) is 2.14. The van der Waals surface area contributed by atoms with Gasteiger partial charge in [-0.2, -0.15) is 0 Å². The number of rotatable bonds is 0. The molecule has 66 valence electrons. The largest absolute Gasteiger partial charge is 0.506 e. The van der Waals surface area contributed by atoms with Crippen molar-refractivity contribution >= 4 is 36.0 Å². The number of hydrogen-bond donors (Lipinski definition) is 3. The Bertz CT molecular complexity index is 466. The van der Waals surface area contributed by atoms with E-state index in [9.17, 15) is 5.11 Å². The number of hydrogen-bond acceptors (Lipinski definition) is 3. The van der Waals surface area contributed by atoms with Gasteiger partial charge in [-0.15, -0.1) is 25.3 Å². The second-order valence-electron chi connectivity index (χ2n) is 2.81. The fourth-order valence-electron chi connectivity index (χ4n) is 1.33. The van der Waals surface area contributed by atoms with Crippen LogP contribution in [-0.2, 0) is 0 Å². The first-order valence-corrected chi connectivity index (χ1v) is 4.72. The predicted molar refractivity (Wildman–Crippen MR) is 60.1 cm³/mol. The lowest BCUT2D eigenvalue weighted by atomic mass is 10.1. The van der Waals surface area contributed by atoms with Crippen molar-refractivity contribution in [3.05, 3.63) is 30.3 Å². The van der Waals surface area contributed by atoms with Crippen LogP contribution < -0.4 is 0 Å². The standard InChI is InChI=1S/C10H8OS2/c11-10-7-4-2-1-3-6(7)8(12)5-9(10)13/h1-5,11-13H. The Hall–Kier alpha value is -0.800. The maximum absolute atomic E-state index is 9.67. The Labute approximate surface area is 87.2 Å². The van der Waals surface area contributed by atoms with Gasteiger partial charge in [0.1, 0.15) is 5.75 Å². The molecule has 0 aromatic heterocycles. The minimum Gasteiger partial charge on any atom is -0.506 e. The summed E-state index contributed by atoms with van der Waals surface area (Å²) >= 11 is 8.45. The third-order valence-electron chi connectivity index (χ3n) is 1.97. The molecule has 1 nitrogen and oxygen atoms in total. The van der Waals surface area contributed by atoms with E-state index in [-0.39, 0.29) is 5.75 Å². The highest BCUT2D eigenvalue weighted by molar-refractivity contribution is 7.81. The van der Waals surface area contributed by atoms with E-state index in [4.69, 9.17) is 0 Å². The van der Waals surface area contributed by atoms with E-state index in [1.54, 1.807) is 6.07 Å². The Morgan fingerprint density at radius 2 is 1.54 bits per heavy atom. The number of fused-ring (bicyclic) bond motifs is 1. The van der Waals surface area contributed by atoms with Crippen molar-refractivity contribution < 1.29 is 5.11 Å². The van der Waals surface area contributed by atoms with E-state index >= 15 is 0 Å². The van der Waals surface area contributed by atoms with Gasteiger partial charge in [0.05, 0.1) is 0 Å². The number of phenols is 1. The highest BCUT2D eigenvalue weighted by atomic mass is 32.1. The minimum absolute atomic E-state index is 0.219. The molecular formula is C10H8OS2. The van der Waals surface area contributed by atoms with Crippen molar-refractivity contribution in [1.82, 2.24) is 0 Å². The van der Waals surface area contributed by atoms with Crippen molar-refractivity contribution in [3.63, 3.8) is 0 Å². The van der Waals surface area contributed by atoms with Crippen LogP contribution in [0.1, 0.15) is 0 Å². The fraction of sp³-hybridized carbons (Fsp3) is 0. The highest BCUT2D eigenvalue weighted by Crippen LogP contribution is 2.34. The third kappa shape index (κ3) is 1.38. The van der Waals surface area contributed by atoms with E-state index < -0.39 is 0 Å². The van der Waals surface area contributed by atoms with Crippen LogP contribution in [0.3, 0.4) is 0 Å². The molecule has 13 heavy (non-hydrogen) atoms. The van der Waals surface area contributed by atoms with Crippen LogP contribution in [0.4, 0.5) is 0 Å². The normalized spacial score (nSPS) is 10.6. The van der Waals surface area contributed by atoms with E-state index in [0.717, 1.165) is 15.7 Å². The third-order valence-corrected chi connectivity index (χ3v) is 2.69. The molecule has 0 bridgehead atoms. The molecule has 3 heteroatoms. The van der Waals surface area contributed by atoms with Crippen molar-refractivity contribution in [1.29, 1.82) is 0 Å². The first-order valence-electron chi connectivity index (χ1n) is 3.83. The lowest BCUT2D eigenvalue weighted by Crippen LogP contribution is -1.78. The maximum Gasteiger partial charge on any atom is 0.136 e. The summed E-state index contributed by atoms with van der Waals surface area (Å²) in [5.74, 6) is 0.219. The summed E-state index contributed by atoms with van der Waals surface area (Å²) in [7, 11) is 0. The summed E-state index contributed by atoms with van der Waals surface area (Å²) in [6.07, 6.45) is 0. The van der Waals surface area contributed by atoms with Crippen LogP contribution in [0.5, 0.6) is 5.75 Å². The summed E-state index contributed by atoms with van der Waals surface area (Å²) in [6, 6.07) is 9.31. The monoisotopic (exact) mass is 208 g/mol. The Morgan fingerprint density at radius 1 is 0.923 bits per heavy atom. The van der Waals surface area contributed by atoms with Gasteiger partial charge in [0.25, 0.3) is 0 Å². The molecule has 1 N–H and O–H groups in total. The molecule has 2 aromatic carbocycles. The molecular weight excluding hydrogens is 200 g/mol. The van der Waals surface area contributed by atoms with Gasteiger partial charge in [-0.1, -0.05) is 24.3 Å². The summed E-state index contributed by atoms with van der Waals surface area (Å²) in [4.78, 5) is 1.39. The van der Waals surface area contributed by atoms with E-state index in [2.05, 4.69) is 25.3 Å². The molecule has 0 unspecified atom stereocenters. The first kappa shape index (κ1) is 8.78. The smallest absolute Gasteiger partial charge is 0.136 e. The number of aromatic hydroxyl groups is 1. The number of benzene rings is 2. The summed E-state index contributed by atoms with van der Waals surface area (Å²) in [5.41, 5.74) is 0. The summed E-state index contributed by atoms with van der Waals surface area (Å²) in [5, 5.41) is 11.4. The van der Waals surface area contributed by atoms with Gasteiger partial charge in [-0.05, 0) is 11.5 Å². The van der Waals surface area contributed by atoms with Gasteiger partial charge in [-0.25, -0.2) is 0 Å². The van der Waals surface area contributed by atoms with Gasteiger partial charge < -0.3 is 5.11 Å². The molecule has 0 aliphatic rings. The second-order valence-corrected chi connectivity index (χ2v) is 3.77. The van der Waals surface area contributed by atoms with Gasteiger partial charge in [-0.3, -0.25) is 0 Å². The molecule has 0 saturated heterocycles. The van der Waals surface area contributed by atoms with Crippen LogP contribution in [-0.4, -0.2) is 5.11 Å². The fourth-order valence-corrected chi connectivity index (χ4v) is 2.00. The molecule has 0 saturated carbocycles. The number of phenolic OH excluding ortho intramolecular Hbond substituents is 1. The zero-order valence-corrected chi connectivity index (χ0v) is 8.52. The summed E-state index contributed by atoms with van der Waals surface area (Å²) < 4.78 is 0. The van der Waals surface area contributed by atoms with Crippen molar-refractivity contribution in [2.45, 2.75) is 9.79 Å². The number of thiol groups is 2. The van der Waals surface area contributed by atoms with Crippen LogP contribution in [0.2, 0.25) is 0 Å². The Morgan fingerprint density at radius 3 is 2.23 bits per heavy atom. The molecule has 2 rings (SSSR count). The molecule has 0 radical (unpaired) electrons. The lowest BCUT2D eigenvalue weighted by Gasteiger charge is -2.05. The SMILES string of the molecule is Oc1c(S)cc(S)c2ccccc12. The summed E-state index contributed by atoms with van der Waals surface area (Å²) in [6.45, 7) is 0. The van der Waals surface area contributed by atoms with Gasteiger partial charge in [0.15, 0.2) is 0 Å². The molecule has 0 spiro atoms. The first-order chi connectivity index (χ1) is 6.20. The predicted octanol–water partition coefficient (Wildman–Crippen LogP) is 3.12. The lowest BCUT2D eigenvalue weighted by molar-refractivity contribution is 0.469. The zero-order chi connectivity index (χ0) is 9.42. The molecule has 0 atom stereocenters.